The Morgan fingerprint density at radius 2 is 1.85 bits per heavy atom. The van der Waals surface area contributed by atoms with Crippen molar-refractivity contribution in [1.82, 2.24) is 10.2 Å². The molecule has 0 saturated carbocycles. The monoisotopic (exact) mass is 376 g/mol. The Labute approximate surface area is 158 Å². The SMILES string of the molecule is CC[C@@H](C(=O)NC)N(Cc1ccccc1)C(=O)Cc1c(F)cccc1Cl. The van der Waals surface area contributed by atoms with Crippen molar-refractivity contribution in [2.45, 2.75) is 32.4 Å². The minimum absolute atomic E-state index is 0.143. The van der Waals surface area contributed by atoms with Crippen LogP contribution in [0.15, 0.2) is 48.5 Å². The van der Waals surface area contributed by atoms with Gasteiger partial charge >= 0.3 is 0 Å². The van der Waals surface area contributed by atoms with Crippen LogP contribution in [0.4, 0.5) is 4.39 Å². The van der Waals surface area contributed by atoms with Gasteiger partial charge in [-0.2, -0.15) is 0 Å². The summed E-state index contributed by atoms with van der Waals surface area (Å²) in [5.74, 6) is -1.13. The summed E-state index contributed by atoms with van der Waals surface area (Å²) in [6, 6.07) is 13.0. The van der Waals surface area contributed by atoms with E-state index in [0.717, 1.165) is 5.56 Å². The number of rotatable bonds is 7. The van der Waals surface area contributed by atoms with Crippen LogP contribution in [0.2, 0.25) is 5.02 Å². The van der Waals surface area contributed by atoms with Gasteiger partial charge in [0.15, 0.2) is 0 Å². The van der Waals surface area contributed by atoms with Crippen LogP contribution in [0.5, 0.6) is 0 Å². The van der Waals surface area contributed by atoms with Gasteiger partial charge in [-0.1, -0.05) is 54.9 Å². The fourth-order valence-electron chi connectivity index (χ4n) is 2.82. The molecule has 0 bridgehead atoms. The normalized spacial score (nSPS) is 11.7. The molecule has 0 saturated heterocycles. The van der Waals surface area contributed by atoms with Crippen LogP contribution < -0.4 is 5.32 Å². The van der Waals surface area contributed by atoms with Gasteiger partial charge in [-0.05, 0) is 24.1 Å². The summed E-state index contributed by atoms with van der Waals surface area (Å²) in [6.45, 7) is 2.10. The summed E-state index contributed by atoms with van der Waals surface area (Å²) in [5.41, 5.74) is 1.03. The molecule has 1 N–H and O–H groups in total. The summed E-state index contributed by atoms with van der Waals surface area (Å²) in [7, 11) is 1.53. The zero-order chi connectivity index (χ0) is 19.1. The van der Waals surface area contributed by atoms with Crippen molar-refractivity contribution in [3.05, 3.63) is 70.5 Å². The molecule has 2 aromatic carbocycles. The predicted molar refractivity (Wildman–Crippen MR) is 100 cm³/mol. The Kier molecular flexibility index (Phi) is 7.16. The maximum Gasteiger partial charge on any atom is 0.242 e. The van der Waals surface area contributed by atoms with Crippen molar-refractivity contribution in [3.63, 3.8) is 0 Å². The largest absolute Gasteiger partial charge is 0.357 e. The fourth-order valence-corrected chi connectivity index (χ4v) is 3.05. The lowest BCUT2D eigenvalue weighted by molar-refractivity contribution is -0.140. The number of benzene rings is 2. The van der Waals surface area contributed by atoms with E-state index in [1.165, 1.54) is 24.1 Å². The second-order valence-corrected chi connectivity index (χ2v) is 6.33. The Morgan fingerprint density at radius 1 is 1.15 bits per heavy atom. The highest BCUT2D eigenvalue weighted by Crippen LogP contribution is 2.22. The molecule has 0 unspecified atom stereocenters. The molecule has 0 aliphatic heterocycles. The predicted octanol–water partition coefficient (Wildman–Crippen LogP) is 3.58. The Hall–Kier alpha value is -2.40. The van der Waals surface area contributed by atoms with E-state index in [4.69, 9.17) is 11.6 Å². The zero-order valence-corrected chi connectivity index (χ0v) is 15.6. The molecule has 4 nitrogen and oxygen atoms in total. The van der Waals surface area contributed by atoms with Gasteiger partial charge in [0.1, 0.15) is 11.9 Å². The first-order valence-electron chi connectivity index (χ1n) is 8.45. The molecule has 0 aromatic heterocycles. The van der Waals surface area contributed by atoms with Crippen molar-refractivity contribution in [2.75, 3.05) is 7.05 Å². The van der Waals surface area contributed by atoms with Gasteiger partial charge in [0.25, 0.3) is 0 Å². The zero-order valence-electron chi connectivity index (χ0n) is 14.8. The molecule has 0 aliphatic rings. The van der Waals surface area contributed by atoms with Crippen molar-refractivity contribution < 1.29 is 14.0 Å². The van der Waals surface area contributed by atoms with Gasteiger partial charge < -0.3 is 10.2 Å². The van der Waals surface area contributed by atoms with Crippen LogP contribution in [-0.2, 0) is 22.6 Å². The number of carbonyl (C=O) groups excluding carboxylic acids is 2. The third kappa shape index (κ3) is 4.82. The lowest BCUT2D eigenvalue weighted by Gasteiger charge is -2.30. The van der Waals surface area contributed by atoms with E-state index in [1.807, 2.05) is 37.3 Å². The van der Waals surface area contributed by atoms with Gasteiger partial charge in [-0.25, -0.2) is 4.39 Å². The van der Waals surface area contributed by atoms with E-state index in [2.05, 4.69) is 5.32 Å². The molecule has 138 valence electrons. The van der Waals surface area contributed by atoms with Crippen LogP contribution in [0.1, 0.15) is 24.5 Å². The first kappa shape index (κ1) is 19.9. The lowest BCUT2D eigenvalue weighted by atomic mass is 10.1. The molecule has 2 rings (SSSR count). The smallest absolute Gasteiger partial charge is 0.242 e. The summed E-state index contributed by atoms with van der Waals surface area (Å²) in [6.07, 6.45) is 0.245. The molecule has 0 spiro atoms. The molecule has 0 heterocycles. The van der Waals surface area contributed by atoms with Gasteiger partial charge in [-0.15, -0.1) is 0 Å². The molecule has 0 fully saturated rings. The molecule has 2 amide bonds. The van der Waals surface area contributed by atoms with Crippen LogP contribution in [0.25, 0.3) is 0 Å². The number of nitrogens with zero attached hydrogens (tertiary/aromatic N) is 1. The number of hydrogen-bond donors (Lipinski definition) is 1. The van der Waals surface area contributed by atoms with Gasteiger partial charge in [0, 0.05) is 24.2 Å². The average Bonchev–Trinajstić information content (AvgIpc) is 2.65. The van der Waals surface area contributed by atoms with Crippen molar-refractivity contribution in [3.8, 4) is 0 Å². The molecule has 1 atom stereocenters. The Morgan fingerprint density at radius 3 is 2.42 bits per heavy atom. The molecule has 2 aromatic rings. The standard InChI is InChI=1S/C20H22ClFN2O2/c1-3-18(20(26)23-2)24(13-14-8-5-4-6-9-14)19(25)12-15-16(21)10-7-11-17(15)22/h4-11,18H,3,12-13H2,1-2H3,(H,23,26)/t18-/m0/s1. The Balaban J connectivity index is 2.32. The molecule has 0 radical (unpaired) electrons. The number of halogens is 2. The van der Waals surface area contributed by atoms with Crippen molar-refractivity contribution >= 4 is 23.4 Å². The number of carbonyl (C=O) groups is 2. The molecule has 0 aliphatic carbocycles. The number of hydrogen-bond acceptors (Lipinski definition) is 2. The molecule has 6 heteroatoms. The van der Waals surface area contributed by atoms with Crippen LogP contribution >= 0.6 is 11.6 Å². The van der Waals surface area contributed by atoms with Crippen molar-refractivity contribution in [2.24, 2.45) is 0 Å². The highest BCUT2D eigenvalue weighted by atomic mass is 35.5. The summed E-state index contributed by atoms with van der Waals surface area (Å²) >= 11 is 6.05. The van der Waals surface area contributed by atoms with E-state index in [1.54, 1.807) is 6.07 Å². The van der Waals surface area contributed by atoms with Crippen LogP contribution in [-0.4, -0.2) is 29.8 Å². The van der Waals surface area contributed by atoms with Crippen molar-refractivity contribution in [1.29, 1.82) is 0 Å². The second kappa shape index (κ2) is 9.34. The van der Waals surface area contributed by atoms with E-state index < -0.39 is 11.9 Å². The minimum Gasteiger partial charge on any atom is -0.357 e. The number of amides is 2. The summed E-state index contributed by atoms with van der Waals surface area (Å²) < 4.78 is 14.1. The van der Waals surface area contributed by atoms with Gasteiger partial charge in [0.05, 0.1) is 6.42 Å². The average molecular weight is 377 g/mol. The Bertz CT molecular complexity index is 747. The first-order valence-corrected chi connectivity index (χ1v) is 8.83. The van der Waals surface area contributed by atoms with Gasteiger partial charge in [0.2, 0.25) is 11.8 Å². The maximum absolute atomic E-state index is 14.1. The third-order valence-corrected chi connectivity index (χ3v) is 4.57. The van der Waals surface area contributed by atoms with E-state index in [0.29, 0.717) is 6.42 Å². The second-order valence-electron chi connectivity index (χ2n) is 5.92. The van der Waals surface area contributed by atoms with Crippen LogP contribution in [0, 0.1) is 5.82 Å². The molecular weight excluding hydrogens is 355 g/mol. The van der Waals surface area contributed by atoms with E-state index >= 15 is 0 Å². The summed E-state index contributed by atoms with van der Waals surface area (Å²) in [4.78, 5) is 26.7. The van der Waals surface area contributed by atoms with Gasteiger partial charge in [-0.3, -0.25) is 9.59 Å². The number of likely N-dealkylation sites (N-methyl/N-ethyl adjacent to an activating group) is 1. The number of nitrogens with one attached hydrogen (secondary N) is 1. The highest BCUT2D eigenvalue weighted by molar-refractivity contribution is 6.31. The quantitative estimate of drug-likeness (QED) is 0.803. The molecule has 26 heavy (non-hydrogen) atoms. The van der Waals surface area contributed by atoms with Crippen LogP contribution in [0.3, 0.4) is 0 Å². The lowest BCUT2D eigenvalue weighted by Crippen LogP contribution is -2.48. The first-order chi connectivity index (χ1) is 12.5. The highest BCUT2D eigenvalue weighted by Gasteiger charge is 2.28. The van der Waals surface area contributed by atoms with E-state index in [9.17, 15) is 14.0 Å². The summed E-state index contributed by atoms with van der Waals surface area (Å²) in [5, 5.41) is 2.79. The topological polar surface area (TPSA) is 49.4 Å². The minimum atomic E-state index is -0.641. The third-order valence-electron chi connectivity index (χ3n) is 4.22. The molecular formula is C20H22ClFN2O2. The maximum atomic E-state index is 14.1. The fraction of sp³-hybridized carbons (Fsp3) is 0.300. The van der Waals surface area contributed by atoms with E-state index in [-0.39, 0.29) is 35.4 Å².